The van der Waals surface area contributed by atoms with Gasteiger partial charge in [-0.2, -0.15) is 0 Å². The van der Waals surface area contributed by atoms with Gasteiger partial charge in [-0.15, -0.1) is 0 Å². The molecule has 3 heteroatoms. The maximum Gasteiger partial charge on any atom is 0.0623 e. The van der Waals surface area contributed by atoms with Crippen molar-refractivity contribution < 1.29 is 4.74 Å². The summed E-state index contributed by atoms with van der Waals surface area (Å²) >= 11 is 2.36. The van der Waals surface area contributed by atoms with Gasteiger partial charge in [-0.25, -0.2) is 0 Å². The van der Waals surface area contributed by atoms with Crippen LogP contribution < -0.4 is 5.32 Å². The predicted molar refractivity (Wildman–Crippen MR) is 86.3 cm³/mol. The van der Waals surface area contributed by atoms with Crippen LogP contribution >= 0.6 is 22.6 Å². The van der Waals surface area contributed by atoms with Gasteiger partial charge in [-0.3, -0.25) is 0 Å². The van der Waals surface area contributed by atoms with Gasteiger partial charge in [0, 0.05) is 15.5 Å². The monoisotopic (exact) mass is 371 g/mol. The van der Waals surface area contributed by atoms with Crippen LogP contribution in [0.4, 0.5) is 0 Å². The first-order valence-corrected chi connectivity index (χ1v) is 8.47. The van der Waals surface area contributed by atoms with Crippen molar-refractivity contribution in [2.45, 2.75) is 50.9 Å². The minimum absolute atomic E-state index is 0.512. The SMILES string of the molecule is CCNC(Cc1ccc(I)cc1)C1CC2CCC1O2. The number of benzene rings is 1. The number of halogens is 1. The molecule has 0 spiro atoms. The molecule has 0 saturated carbocycles. The van der Waals surface area contributed by atoms with Crippen LogP contribution in [0.25, 0.3) is 0 Å². The molecular formula is C16H22INO. The summed E-state index contributed by atoms with van der Waals surface area (Å²) in [6.45, 7) is 3.25. The molecule has 0 amide bonds. The molecule has 104 valence electrons. The van der Waals surface area contributed by atoms with E-state index in [1.54, 1.807) is 0 Å². The van der Waals surface area contributed by atoms with Crippen LogP contribution in [-0.2, 0) is 11.2 Å². The average Bonchev–Trinajstić information content (AvgIpc) is 3.03. The fourth-order valence-corrected chi connectivity index (χ4v) is 3.97. The number of rotatable bonds is 5. The van der Waals surface area contributed by atoms with Gasteiger partial charge >= 0.3 is 0 Å². The molecular weight excluding hydrogens is 349 g/mol. The highest BCUT2D eigenvalue weighted by Crippen LogP contribution is 2.41. The Kier molecular flexibility index (Phi) is 4.44. The van der Waals surface area contributed by atoms with Crippen molar-refractivity contribution in [3.05, 3.63) is 33.4 Å². The zero-order valence-electron chi connectivity index (χ0n) is 11.4. The summed E-state index contributed by atoms with van der Waals surface area (Å²) in [5, 5.41) is 3.69. The Hall–Kier alpha value is -0.130. The molecule has 4 unspecified atom stereocenters. The summed E-state index contributed by atoms with van der Waals surface area (Å²) < 4.78 is 7.34. The summed E-state index contributed by atoms with van der Waals surface area (Å²) in [6, 6.07) is 9.51. The van der Waals surface area contributed by atoms with Crippen LogP contribution in [0.3, 0.4) is 0 Å². The van der Waals surface area contributed by atoms with Gasteiger partial charge in [-0.1, -0.05) is 19.1 Å². The van der Waals surface area contributed by atoms with E-state index < -0.39 is 0 Å². The van der Waals surface area contributed by atoms with Gasteiger partial charge < -0.3 is 10.1 Å². The number of likely N-dealkylation sites (N-methyl/N-ethyl adjacent to an activating group) is 1. The fourth-order valence-electron chi connectivity index (χ4n) is 3.61. The lowest BCUT2D eigenvalue weighted by Gasteiger charge is -2.29. The van der Waals surface area contributed by atoms with Crippen molar-refractivity contribution in [1.29, 1.82) is 0 Å². The predicted octanol–water partition coefficient (Wildman–Crippen LogP) is 3.38. The van der Waals surface area contributed by atoms with E-state index in [1.165, 1.54) is 28.4 Å². The zero-order valence-corrected chi connectivity index (χ0v) is 13.6. The van der Waals surface area contributed by atoms with E-state index in [2.05, 4.69) is 59.1 Å². The fraction of sp³-hybridized carbons (Fsp3) is 0.625. The van der Waals surface area contributed by atoms with Gasteiger partial charge in [-0.05, 0) is 72.5 Å². The molecule has 2 aliphatic rings. The molecule has 2 fully saturated rings. The standard InChI is InChI=1S/C16H22INO/c1-2-18-15(9-11-3-5-12(17)6-4-11)14-10-13-7-8-16(14)19-13/h3-6,13-16,18H,2,7-10H2,1H3. The average molecular weight is 371 g/mol. The molecule has 2 heterocycles. The first-order valence-electron chi connectivity index (χ1n) is 7.39. The van der Waals surface area contributed by atoms with E-state index in [1.807, 2.05) is 0 Å². The van der Waals surface area contributed by atoms with E-state index in [0.717, 1.165) is 13.0 Å². The third kappa shape index (κ3) is 3.14. The summed E-state index contributed by atoms with van der Waals surface area (Å²) in [5.74, 6) is 0.706. The molecule has 2 nitrogen and oxygen atoms in total. The highest BCUT2D eigenvalue weighted by atomic mass is 127. The molecule has 3 rings (SSSR count). The van der Waals surface area contributed by atoms with Crippen LogP contribution in [0.15, 0.2) is 24.3 Å². The minimum Gasteiger partial charge on any atom is -0.375 e. The molecule has 0 radical (unpaired) electrons. The molecule has 1 aromatic rings. The summed E-state index contributed by atoms with van der Waals surface area (Å²) in [6.07, 6.45) is 5.99. The Bertz CT molecular complexity index is 419. The molecule has 1 aromatic carbocycles. The Morgan fingerprint density at radius 3 is 2.68 bits per heavy atom. The van der Waals surface area contributed by atoms with E-state index >= 15 is 0 Å². The Balaban J connectivity index is 1.68. The van der Waals surface area contributed by atoms with Crippen LogP contribution in [0.2, 0.25) is 0 Å². The Labute approximate surface area is 129 Å². The van der Waals surface area contributed by atoms with Gasteiger partial charge in [0.2, 0.25) is 0 Å². The first kappa shape index (κ1) is 13.8. The van der Waals surface area contributed by atoms with E-state index in [4.69, 9.17) is 4.74 Å². The van der Waals surface area contributed by atoms with Crippen molar-refractivity contribution in [2.24, 2.45) is 5.92 Å². The molecule has 2 saturated heterocycles. The number of nitrogens with one attached hydrogen (secondary N) is 1. The third-order valence-corrected chi connectivity index (χ3v) is 5.22. The normalized spacial score (nSPS) is 30.7. The smallest absolute Gasteiger partial charge is 0.0623 e. The van der Waals surface area contributed by atoms with Gasteiger partial charge in [0.1, 0.15) is 0 Å². The maximum atomic E-state index is 6.03. The topological polar surface area (TPSA) is 21.3 Å². The lowest BCUT2D eigenvalue weighted by Crippen LogP contribution is -2.42. The Morgan fingerprint density at radius 2 is 2.11 bits per heavy atom. The van der Waals surface area contributed by atoms with Crippen LogP contribution in [-0.4, -0.2) is 24.8 Å². The number of fused-ring (bicyclic) bond motifs is 2. The maximum absolute atomic E-state index is 6.03. The lowest BCUT2D eigenvalue weighted by atomic mass is 9.81. The third-order valence-electron chi connectivity index (χ3n) is 4.51. The van der Waals surface area contributed by atoms with Crippen molar-refractivity contribution in [3.63, 3.8) is 0 Å². The molecule has 0 aromatic heterocycles. The van der Waals surface area contributed by atoms with Crippen LogP contribution in [0.1, 0.15) is 31.7 Å². The lowest BCUT2D eigenvalue weighted by molar-refractivity contribution is 0.0858. The van der Waals surface area contributed by atoms with Crippen molar-refractivity contribution in [3.8, 4) is 0 Å². The summed E-state index contributed by atoms with van der Waals surface area (Å²) in [5.41, 5.74) is 1.44. The Morgan fingerprint density at radius 1 is 1.32 bits per heavy atom. The van der Waals surface area contributed by atoms with Gasteiger partial charge in [0.25, 0.3) is 0 Å². The second kappa shape index (κ2) is 6.10. The number of hydrogen-bond donors (Lipinski definition) is 1. The van der Waals surface area contributed by atoms with E-state index in [0.29, 0.717) is 24.2 Å². The quantitative estimate of drug-likeness (QED) is 0.802. The van der Waals surface area contributed by atoms with Crippen LogP contribution in [0, 0.1) is 9.49 Å². The molecule has 2 bridgehead atoms. The van der Waals surface area contributed by atoms with Crippen molar-refractivity contribution in [2.75, 3.05) is 6.54 Å². The van der Waals surface area contributed by atoms with Gasteiger partial charge in [0.05, 0.1) is 12.2 Å². The molecule has 19 heavy (non-hydrogen) atoms. The molecule has 1 N–H and O–H groups in total. The van der Waals surface area contributed by atoms with Crippen LogP contribution in [0.5, 0.6) is 0 Å². The highest BCUT2D eigenvalue weighted by molar-refractivity contribution is 14.1. The first-order chi connectivity index (χ1) is 9.26. The molecule has 0 aliphatic carbocycles. The summed E-state index contributed by atoms with van der Waals surface area (Å²) in [7, 11) is 0. The van der Waals surface area contributed by atoms with Crippen molar-refractivity contribution >= 4 is 22.6 Å². The molecule has 2 aliphatic heterocycles. The second-order valence-electron chi connectivity index (χ2n) is 5.77. The molecule has 4 atom stereocenters. The minimum atomic E-state index is 0.512. The number of hydrogen-bond acceptors (Lipinski definition) is 2. The number of ether oxygens (including phenoxy) is 1. The zero-order chi connectivity index (χ0) is 13.2. The highest BCUT2D eigenvalue weighted by Gasteiger charge is 2.43. The largest absolute Gasteiger partial charge is 0.375 e. The second-order valence-corrected chi connectivity index (χ2v) is 7.01. The van der Waals surface area contributed by atoms with E-state index in [9.17, 15) is 0 Å². The van der Waals surface area contributed by atoms with Crippen molar-refractivity contribution in [1.82, 2.24) is 5.32 Å². The van der Waals surface area contributed by atoms with E-state index in [-0.39, 0.29) is 0 Å². The summed E-state index contributed by atoms with van der Waals surface area (Å²) in [4.78, 5) is 0. The van der Waals surface area contributed by atoms with Gasteiger partial charge in [0.15, 0.2) is 0 Å².